The first-order valence-corrected chi connectivity index (χ1v) is 13.2. The average Bonchev–Trinajstić information content (AvgIpc) is 3.58. The standard InChI is InChI=1S/C28H26F4N8O2/c1-39-14-35-38-26(39)19-11-17(29)5-6-18(19)16-9-20(15-3-4-15)36-23(10-16)40-13-34-21-12-22(37-24(21)27(40)41)25(28(30,31)32)33-7-8-42-2/h5-6,9-15,25,33,37H,3-4,7-8H2,1-2H3. The number of aryl methyl sites for hydroxylation is 1. The Balaban J connectivity index is 1.46. The summed E-state index contributed by atoms with van der Waals surface area (Å²) in [7, 11) is 3.14. The van der Waals surface area contributed by atoms with Gasteiger partial charge in [-0.05, 0) is 54.3 Å². The van der Waals surface area contributed by atoms with Crippen LogP contribution in [0.5, 0.6) is 0 Å². The molecule has 1 aliphatic carbocycles. The van der Waals surface area contributed by atoms with Gasteiger partial charge in [-0.25, -0.2) is 18.9 Å². The van der Waals surface area contributed by atoms with Crippen molar-refractivity contribution >= 4 is 11.0 Å². The average molecular weight is 583 g/mol. The number of methoxy groups -OCH3 is 1. The minimum atomic E-state index is -4.63. The number of hydrogen-bond acceptors (Lipinski definition) is 7. The summed E-state index contributed by atoms with van der Waals surface area (Å²) in [6.45, 7) is 0.0314. The van der Waals surface area contributed by atoms with Crippen LogP contribution in [0, 0.1) is 5.82 Å². The molecule has 1 aliphatic rings. The molecule has 0 spiro atoms. The Morgan fingerprint density at radius 3 is 2.64 bits per heavy atom. The molecule has 0 saturated heterocycles. The minimum Gasteiger partial charge on any atom is -0.383 e. The second-order valence-corrected chi connectivity index (χ2v) is 10.2. The van der Waals surface area contributed by atoms with Gasteiger partial charge in [0.1, 0.15) is 35.8 Å². The zero-order valence-corrected chi connectivity index (χ0v) is 22.6. The summed E-state index contributed by atoms with van der Waals surface area (Å²) in [6.07, 6.45) is -0.00918. The van der Waals surface area contributed by atoms with Gasteiger partial charge in [-0.3, -0.25) is 10.1 Å². The number of aromatic nitrogens is 7. The maximum Gasteiger partial charge on any atom is 0.409 e. The fourth-order valence-corrected chi connectivity index (χ4v) is 4.93. The van der Waals surface area contributed by atoms with Gasteiger partial charge >= 0.3 is 6.18 Å². The van der Waals surface area contributed by atoms with E-state index in [1.807, 2.05) is 6.07 Å². The van der Waals surface area contributed by atoms with Crippen LogP contribution in [0.3, 0.4) is 0 Å². The van der Waals surface area contributed by atoms with Crippen LogP contribution in [-0.4, -0.2) is 60.7 Å². The number of aromatic amines is 1. The molecule has 2 N–H and O–H groups in total. The van der Waals surface area contributed by atoms with Crippen LogP contribution in [0.15, 0.2) is 53.8 Å². The van der Waals surface area contributed by atoms with E-state index >= 15 is 0 Å². The topological polar surface area (TPSA) is 116 Å². The first-order valence-electron chi connectivity index (χ1n) is 13.2. The Hall–Kier alpha value is -4.43. The van der Waals surface area contributed by atoms with Crippen LogP contribution in [0.1, 0.15) is 36.2 Å². The number of alkyl halides is 3. The molecular formula is C28H26F4N8O2. The van der Waals surface area contributed by atoms with Crippen LogP contribution >= 0.6 is 0 Å². The van der Waals surface area contributed by atoms with E-state index in [9.17, 15) is 22.4 Å². The van der Waals surface area contributed by atoms with E-state index in [1.54, 1.807) is 23.7 Å². The van der Waals surface area contributed by atoms with E-state index in [4.69, 9.17) is 9.72 Å². The molecule has 1 aromatic carbocycles. The van der Waals surface area contributed by atoms with Gasteiger partial charge in [-0.1, -0.05) is 6.07 Å². The quantitative estimate of drug-likeness (QED) is 0.195. The molecule has 0 radical (unpaired) electrons. The Kier molecular flexibility index (Phi) is 7.10. The van der Waals surface area contributed by atoms with E-state index < -0.39 is 23.6 Å². The Morgan fingerprint density at radius 2 is 1.95 bits per heavy atom. The van der Waals surface area contributed by atoms with Crippen molar-refractivity contribution in [3.05, 3.63) is 76.6 Å². The molecule has 1 fully saturated rings. The highest BCUT2D eigenvalue weighted by Gasteiger charge is 2.41. The first kappa shape index (κ1) is 27.7. The highest BCUT2D eigenvalue weighted by atomic mass is 19.4. The summed E-state index contributed by atoms with van der Waals surface area (Å²) in [4.78, 5) is 25.2. The maximum atomic E-state index is 14.4. The van der Waals surface area contributed by atoms with E-state index in [2.05, 4.69) is 25.5 Å². The van der Waals surface area contributed by atoms with E-state index in [-0.39, 0.29) is 41.6 Å². The molecule has 0 amide bonds. The number of H-pyrrole nitrogens is 1. The minimum absolute atomic E-state index is 0.0475. The molecular weight excluding hydrogens is 556 g/mol. The molecule has 4 heterocycles. The number of rotatable bonds is 9. The van der Waals surface area contributed by atoms with Crippen molar-refractivity contribution in [2.45, 2.75) is 31.0 Å². The van der Waals surface area contributed by atoms with Gasteiger partial charge in [0, 0.05) is 43.6 Å². The molecule has 218 valence electrons. The molecule has 5 aromatic rings. The molecule has 0 bridgehead atoms. The van der Waals surface area contributed by atoms with Crippen molar-refractivity contribution in [3.8, 4) is 28.3 Å². The largest absolute Gasteiger partial charge is 0.409 e. The van der Waals surface area contributed by atoms with Crippen molar-refractivity contribution in [3.63, 3.8) is 0 Å². The van der Waals surface area contributed by atoms with Gasteiger partial charge in [0.2, 0.25) is 0 Å². The van der Waals surface area contributed by atoms with Crippen LogP contribution in [-0.2, 0) is 11.8 Å². The van der Waals surface area contributed by atoms with Crippen LogP contribution < -0.4 is 10.9 Å². The molecule has 1 unspecified atom stereocenters. The van der Waals surface area contributed by atoms with Crippen molar-refractivity contribution < 1.29 is 22.3 Å². The van der Waals surface area contributed by atoms with Gasteiger partial charge in [-0.2, -0.15) is 13.2 Å². The van der Waals surface area contributed by atoms with Gasteiger partial charge < -0.3 is 14.3 Å². The molecule has 1 saturated carbocycles. The van der Waals surface area contributed by atoms with Gasteiger partial charge in [0.25, 0.3) is 5.56 Å². The first-order chi connectivity index (χ1) is 20.1. The number of halogens is 4. The van der Waals surface area contributed by atoms with E-state index in [1.165, 1.54) is 42.5 Å². The Labute approximate surface area is 236 Å². The fraction of sp³-hybridized carbons (Fsp3) is 0.321. The lowest BCUT2D eigenvalue weighted by Gasteiger charge is -2.20. The molecule has 10 nitrogen and oxygen atoms in total. The fourth-order valence-electron chi connectivity index (χ4n) is 4.93. The molecule has 14 heteroatoms. The number of benzene rings is 1. The normalized spacial score (nSPS) is 14.5. The number of nitrogens with one attached hydrogen (secondary N) is 2. The van der Waals surface area contributed by atoms with Crippen LogP contribution in [0.4, 0.5) is 17.6 Å². The number of pyridine rings is 1. The molecule has 42 heavy (non-hydrogen) atoms. The lowest BCUT2D eigenvalue weighted by Crippen LogP contribution is -2.36. The molecule has 4 aromatic heterocycles. The lowest BCUT2D eigenvalue weighted by atomic mass is 9.98. The zero-order valence-electron chi connectivity index (χ0n) is 22.6. The summed E-state index contributed by atoms with van der Waals surface area (Å²) >= 11 is 0. The molecule has 1 atom stereocenters. The van der Waals surface area contributed by atoms with E-state index in [0.717, 1.165) is 18.5 Å². The highest BCUT2D eigenvalue weighted by molar-refractivity contribution is 5.82. The lowest BCUT2D eigenvalue weighted by molar-refractivity contribution is -0.158. The summed E-state index contributed by atoms with van der Waals surface area (Å²) in [5.74, 6) is 0.436. The summed E-state index contributed by atoms with van der Waals surface area (Å²) in [5.41, 5.74) is 1.72. The van der Waals surface area contributed by atoms with E-state index in [0.29, 0.717) is 22.5 Å². The van der Waals surface area contributed by atoms with Crippen LogP contribution in [0.25, 0.3) is 39.4 Å². The maximum absolute atomic E-state index is 14.4. The summed E-state index contributed by atoms with van der Waals surface area (Å²) in [6, 6.07) is 7.07. The van der Waals surface area contributed by atoms with Crippen molar-refractivity contribution in [2.75, 3.05) is 20.3 Å². The number of nitrogens with zero attached hydrogens (tertiary/aromatic N) is 6. The predicted molar refractivity (Wildman–Crippen MR) is 146 cm³/mol. The van der Waals surface area contributed by atoms with Crippen LogP contribution in [0.2, 0.25) is 0 Å². The third-order valence-corrected chi connectivity index (χ3v) is 7.17. The third-order valence-electron chi connectivity index (χ3n) is 7.17. The molecule has 0 aliphatic heterocycles. The summed E-state index contributed by atoms with van der Waals surface area (Å²) < 4.78 is 63.6. The van der Waals surface area contributed by atoms with Gasteiger partial charge in [0.05, 0.1) is 12.1 Å². The van der Waals surface area contributed by atoms with Gasteiger partial charge in [0.15, 0.2) is 5.82 Å². The van der Waals surface area contributed by atoms with Crippen molar-refractivity contribution in [2.24, 2.45) is 7.05 Å². The highest BCUT2D eigenvalue weighted by Crippen LogP contribution is 2.42. The Morgan fingerprint density at radius 1 is 1.14 bits per heavy atom. The Bertz CT molecular complexity index is 1820. The summed E-state index contributed by atoms with van der Waals surface area (Å²) in [5, 5.41) is 10.5. The number of hydrogen-bond donors (Lipinski definition) is 2. The van der Waals surface area contributed by atoms with Crippen molar-refractivity contribution in [1.82, 2.24) is 39.6 Å². The van der Waals surface area contributed by atoms with Crippen molar-refractivity contribution in [1.29, 1.82) is 0 Å². The SMILES string of the molecule is COCCNC(c1cc2ncn(-c3cc(-c4ccc(F)cc4-c4nncn4C)cc(C4CC4)n3)c(=O)c2[nH]1)C(F)(F)F. The second-order valence-electron chi connectivity index (χ2n) is 10.2. The zero-order chi connectivity index (χ0) is 29.6. The number of fused-ring (bicyclic) bond motifs is 1. The third kappa shape index (κ3) is 5.30. The second kappa shape index (κ2) is 10.8. The molecule has 6 rings (SSSR count). The number of ether oxygens (including phenoxy) is 1. The monoisotopic (exact) mass is 582 g/mol. The van der Waals surface area contributed by atoms with Gasteiger partial charge in [-0.15, -0.1) is 10.2 Å². The smallest absolute Gasteiger partial charge is 0.383 e. The predicted octanol–water partition coefficient (Wildman–Crippen LogP) is 4.43.